The molecule has 0 bridgehead atoms. The van der Waals surface area contributed by atoms with Crippen LogP contribution in [0, 0.1) is 13.8 Å². The molecule has 4 rings (SSSR count). The second-order valence-electron chi connectivity index (χ2n) is 6.56. The van der Waals surface area contributed by atoms with Gasteiger partial charge in [-0.1, -0.05) is 41.9 Å². The van der Waals surface area contributed by atoms with Crippen molar-refractivity contribution in [3.05, 3.63) is 82.4 Å². The first kappa shape index (κ1) is 17.3. The summed E-state index contributed by atoms with van der Waals surface area (Å²) >= 11 is 5.97. The number of hydrogen-bond donors (Lipinski definition) is 2. The van der Waals surface area contributed by atoms with Gasteiger partial charge in [-0.25, -0.2) is 0 Å². The fourth-order valence-electron chi connectivity index (χ4n) is 3.35. The quantitative estimate of drug-likeness (QED) is 0.478. The van der Waals surface area contributed by atoms with Crippen LogP contribution < -0.4 is 5.32 Å². The lowest BCUT2D eigenvalue weighted by molar-refractivity contribution is 0.102. The highest BCUT2D eigenvalue weighted by atomic mass is 35.5. The van der Waals surface area contributed by atoms with Crippen LogP contribution in [0.4, 0.5) is 5.82 Å². The molecule has 134 valence electrons. The number of aromatic amines is 1. The lowest BCUT2D eigenvalue weighted by atomic mass is 9.95. The molecule has 0 fully saturated rings. The zero-order valence-electron chi connectivity index (χ0n) is 15.0. The van der Waals surface area contributed by atoms with Gasteiger partial charge >= 0.3 is 0 Å². The van der Waals surface area contributed by atoms with E-state index in [1.54, 1.807) is 24.3 Å². The third-order valence-electron chi connectivity index (χ3n) is 4.65. The van der Waals surface area contributed by atoms with E-state index in [0.717, 1.165) is 16.5 Å². The maximum atomic E-state index is 12.5. The molecule has 0 atom stereocenters. The number of nitrogens with zero attached hydrogens (tertiary/aromatic N) is 1. The number of nitrogens with one attached hydrogen (secondary N) is 2. The molecule has 27 heavy (non-hydrogen) atoms. The topological polar surface area (TPSA) is 57.8 Å². The Morgan fingerprint density at radius 3 is 2.48 bits per heavy atom. The average molecular weight is 376 g/mol. The van der Waals surface area contributed by atoms with Crippen molar-refractivity contribution in [2.45, 2.75) is 13.8 Å². The Morgan fingerprint density at radius 1 is 1.00 bits per heavy atom. The van der Waals surface area contributed by atoms with Crippen LogP contribution in [0.15, 0.2) is 60.7 Å². The van der Waals surface area contributed by atoms with Gasteiger partial charge in [0.05, 0.1) is 5.52 Å². The molecule has 0 radical (unpaired) electrons. The van der Waals surface area contributed by atoms with Crippen LogP contribution in [0.1, 0.15) is 21.5 Å². The second kappa shape index (κ2) is 6.89. The molecule has 0 aliphatic carbocycles. The van der Waals surface area contributed by atoms with Gasteiger partial charge in [-0.3, -0.25) is 9.89 Å². The van der Waals surface area contributed by atoms with E-state index in [2.05, 4.69) is 59.7 Å². The first-order chi connectivity index (χ1) is 13.0. The van der Waals surface area contributed by atoms with E-state index in [4.69, 9.17) is 11.6 Å². The molecule has 0 saturated carbocycles. The second-order valence-corrected chi connectivity index (χ2v) is 7.00. The van der Waals surface area contributed by atoms with Gasteiger partial charge in [0.1, 0.15) is 0 Å². The van der Waals surface area contributed by atoms with Crippen LogP contribution in [0.3, 0.4) is 0 Å². The highest BCUT2D eigenvalue weighted by Crippen LogP contribution is 2.31. The van der Waals surface area contributed by atoms with Gasteiger partial charge in [0, 0.05) is 16.0 Å². The number of aromatic nitrogens is 2. The predicted octanol–water partition coefficient (Wildman–Crippen LogP) is 5.75. The molecule has 4 nitrogen and oxygen atoms in total. The van der Waals surface area contributed by atoms with Crippen molar-refractivity contribution < 1.29 is 4.79 Å². The number of H-pyrrole nitrogens is 1. The number of carbonyl (C=O) groups is 1. The van der Waals surface area contributed by atoms with E-state index < -0.39 is 0 Å². The molecule has 0 spiro atoms. The highest BCUT2D eigenvalue weighted by Gasteiger charge is 2.13. The summed E-state index contributed by atoms with van der Waals surface area (Å²) in [6.07, 6.45) is 0. The molecule has 1 heterocycles. The first-order valence-corrected chi connectivity index (χ1v) is 9.02. The zero-order valence-corrected chi connectivity index (χ0v) is 15.8. The van der Waals surface area contributed by atoms with Crippen LogP contribution >= 0.6 is 11.6 Å². The Kier molecular flexibility index (Phi) is 4.42. The number of halogens is 1. The average Bonchev–Trinajstić information content (AvgIpc) is 3.04. The molecule has 4 aromatic rings. The lowest BCUT2D eigenvalue weighted by Gasteiger charge is -2.10. The predicted molar refractivity (Wildman–Crippen MR) is 110 cm³/mol. The van der Waals surface area contributed by atoms with E-state index in [1.165, 1.54) is 16.7 Å². The smallest absolute Gasteiger partial charge is 0.256 e. The molecular weight excluding hydrogens is 358 g/mol. The Morgan fingerprint density at radius 2 is 1.74 bits per heavy atom. The van der Waals surface area contributed by atoms with E-state index in [-0.39, 0.29) is 5.91 Å². The van der Waals surface area contributed by atoms with Crippen molar-refractivity contribution in [1.82, 2.24) is 10.2 Å². The number of fused-ring (bicyclic) bond motifs is 1. The minimum atomic E-state index is -0.246. The van der Waals surface area contributed by atoms with Crippen LogP contribution in [-0.2, 0) is 0 Å². The molecule has 1 aromatic heterocycles. The van der Waals surface area contributed by atoms with Crippen molar-refractivity contribution in [2.24, 2.45) is 0 Å². The van der Waals surface area contributed by atoms with Gasteiger partial charge in [-0.15, -0.1) is 0 Å². The van der Waals surface area contributed by atoms with Crippen LogP contribution in [0.2, 0.25) is 5.02 Å². The molecule has 1 amide bonds. The van der Waals surface area contributed by atoms with Gasteiger partial charge in [-0.2, -0.15) is 5.10 Å². The van der Waals surface area contributed by atoms with E-state index in [1.807, 2.05) is 6.07 Å². The number of rotatable bonds is 3. The van der Waals surface area contributed by atoms with Crippen molar-refractivity contribution >= 4 is 34.2 Å². The van der Waals surface area contributed by atoms with Gasteiger partial charge in [0.2, 0.25) is 0 Å². The summed E-state index contributed by atoms with van der Waals surface area (Å²) in [6, 6.07) is 19.2. The summed E-state index contributed by atoms with van der Waals surface area (Å²) in [6.45, 7) is 4.21. The summed E-state index contributed by atoms with van der Waals surface area (Å²) in [7, 11) is 0. The number of anilines is 1. The summed E-state index contributed by atoms with van der Waals surface area (Å²) in [5.74, 6) is 0.257. The molecule has 0 aliphatic rings. The molecule has 0 saturated heterocycles. The Labute approximate surface area is 162 Å². The number of carbonyl (C=O) groups excluding carboxylic acids is 1. The zero-order chi connectivity index (χ0) is 19.0. The van der Waals surface area contributed by atoms with Crippen LogP contribution in [0.5, 0.6) is 0 Å². The summed E-state index contributed by atoms with van der Waals surface area (Å²) in [4.78, 5) is 12.5. The number of hydrogen-bond acceptors (Lipinski definition) is 2. The van der Waals surface area contributed by atoms with Crippen molar-refractivity contribution in [1.29, 1.82) is 0 Å². The number of benzene rings is 3. The van der Waals surface area contributed by atoms with E-state index in [0.29, 0.717) is 16.4 Å². The fourth-order valence-corrected chi connectivity index (χ4v) is 3.54. The number of aryl methyl sites for hydroxylation is 2. The molecule has 3 aromatic carbocycles. The lowest BCUT2D eigenvalue weighted by Crippen LogP contribution is -2.12. The van der Waals surface area contributed by atoms with Crippen LogP contribution in [-0.4, -0.2) is 16.1 Å². The highest BCUT2D eigenvalue weighted by molar-refractivity contribution is 6.31. The molecular formula is C22H18ClN3O. The van der Waals surface area contributed by atoms with Gasteiger partial charge in [-0.05, 0) is 66.4 Å². The normalized spacial score (nSPS) is 10.9. The first-order valence-electron chi connectivity index (χ1n) is 8.64. The third kappa shape index (κ3) is 3.32. The van der Waals surface area contributed by atoms with Gasteiger partial charge in [0.25, 0.3) is 5.91 Å². The van der Waals surface area contributed by atoms with Gasteiger partial charge in [0.15, 0.2) is 5.82 Å². The van der Waals surface area contributed by atoms with Gasteiger partial charge < -0.3 is 5.32 Å². The molecule has 0 unspecified atom stereocenters. The maximum Gasteiger partial charge on any atom is 0.256 e. The Hall–Kier alpha value is -3.11. The van der Waals surface area contributed by atoms with E-state index >= 15 is 0 Å². The van der Waals surface area contributed by atoms with Crippen molar-refractivity contribution in [3.63, 3.8) is 0 Å². The monoisotopic (exact) mass is 375 g/mol. The maximum absolute atomic E-state index is 12.5. The number of amides is 1. The van der Waals surface area contributed by atoms with Crippen molar-refractivity contribution in [2.75, 3.05) is 5.32 Å². The summed E-state index contributed by atoms with van der Waals surface area (Å²) in [5, 5.41) is 11.5. The fraction of sp³-hybridized carbons (Fsp3) is 0.0909. The summed E-state index contributed by atoms with van der Waals surface area (Å²) < 4.78 is 0. The molecule has 2 N–H and O–H groups in total. The van der Waals surface area contributed by atoms with E-state index in [9.17, 15) is 4.79 Å². The Bertz CT molecular complexity index is 1140. The third-order valence-corrected chi connectivity index (χ3v) is 4.89. The molecule has 5 heteroatoms. The standard InChI is InChI=1S/C22H18ClN3O/c1-13-5-3-6-14(2)20(13)15-9-10-18-19(12-15)25-26-21(18)24-22(27)16-7-4-8-17(23)11-16/h3-12H,1-2H3,(H2,24,25,26,27). The van der Waals surface area contributed by atoms with Crippen molar-refractivity contribution in [3.8, 4) is 11.1 Å². The SMILES string of the molecule is Cc1cccc(C)c1-c1ccc2c(NC(=O)c3cccc(Cl)c3)n[nH]c2c1. The minimum Gasteiger partial charge on any atom is -0.305 e. The van der Waals surface area contributed by atoms with Crippen LogP contribution in [0.25, 0.3) is 22.0 Å². The Balaban J connectivity index is 1.68. The largest absolute Gasteiger partial charge is 0.305 e. The molecule has 0 aliphatic heterocycles. The summed E-state index contributed by atoms with van der Waals surface area (Å²) in [5.41, 5.74) is 6.15. The minimum absolute atomic E-state index is 0.246.